The average molecular weight is 835 g/mol. The van der Waals surface area contributed by atoms with Crippen LogP contribution in [0.15, 0.2) is 96.0 Å². The minimum absolute atomic E-state index is 0. The summed E-state index contributed by atoms with van der Waals surface area (Å²) in [6.07, 6.45) is 12.9. The van der Waals surface area contributed by atoms with Crippen molar-refractivity contribution in [3.05, 3.63) is 108 Å². The third-order valence-corrected chi connectivity index (χ3v) is 8.59. The zero-order valence-electron chi connectivity index (χ0n) is 41.7. The maximum Gasteiger partial charge on any atom is 0.312 e. The van der Waals surface area contributed by atoms with Crippen molar-refractivity contribution in [2.24, 2.45) is 16.8 Å². The zero-order valence-corrected chi connectivity index (χ0v) is 30.1. The van der Waals surface area contributed by atoms with Gasteiger partial charge in [0.05, 0.1) is 5.76 Å². The van der Waals surface area contributed by atoms with E-state index in [0.29, 0.717) is 11.3 Å². The molecule has 5 nitrogen and oxygen atoms in total. The van der Waals surface area contributed by atoms with Gasteiger partial charge in [0, 0.05) is 63.4 Å². The number of hydrogen-bond acceptors (Lipinski definition) is 5. The molecule has 0 saturated heterocycles. The molecule has 2 aliphatic rings. The molecule has 0 fully saturated rings. The van der Waals surface area contributed by atoms with Gasteiger partial charge in [0.2, 0.25) is 0 Å². The number of allylic oxidation sites excluding steroid dienone is 4. The molecule has 7 heteroatoms. The van der Waals surface area contributed by atoms with E-state index < -0.39 is 62.6 Å². The Labute approximate surface area is 322 Å². The third-order valence-electron chi connectivity index (χ3n) is 8.59. The predicted molar refractivity (Wildman–Crippen MR) is 199 cm³/mol. The van der Waals surface area contributed by atoms with Crippen LogP contribution in [0.4, 0.5) is 5.69 Å². The second-order valence-corrected chi connectivity index (χ2v) is 11.4. The smallest absolute Gasteiger partial charge is 0.312 e. The Kier molecular flexibility index (Phi) is 8.75. The number of hydrogen-bond donors (Lipinski definition) is 1. The average Bonchev–Trinajstić information content (AvgIpc) is 3.18. The molecule has 255 valence electrons. The van der Waals surface area contributed by atoms with E-state index in [0.717, 1.165) is 43.9 Å². The minimum Gasteiger partial charge on any atom is -0.512 e. The molecule has 0 bridgehead atoms. The first-order valence-electron chi connectivity index (χ1n) is 23.0. The summed E-state index contributed by atoms with van der Waals surface area (Å²) >= 11 is 0. The number of aliphatic imine (C=N–C) groups is 1. The molecule has 2 aromatic carbocycles. The molecule has 1 radical (unpaired) electrons. The Morgan fingerprint density at radius 1 is 0.958 bits per heavy atom. The van der Waals surface area contributed by atoms with Gasteiger partial charge >= 0.3 is 6.85 Å². The summed E-state index contributed by atoms with van der Waals surface area (Å²) < 4.78 is 118. The van der Waals surface area contributed by atoms with Crippen LogP contribution >= 0.6 is 0 Å². The molecular weight excluding hydrogens is 769 g/mol. The fourth-order valence-corrected chi connectivity index (χ4v) is 5.95. The number of pyridine rings is 1. The van der Waals surface area contributed by atoms with Crippen molar-refractivity contribution in [1.82, 2.24) is 9.79 Å². The van der Waals surface area contributed by atoms with Gasteiger partial charge in [-0.2, -0.15) is 0 Å². The number of ketones is 1. The molecule has 2 aliphatic heterocycles. The van der Waals surface area contributed by atoms with Gasteiger partial charge in [-0.1, -0.05) is 91.5 Å². The number of carbonyl (C=O) groups excluding carboxylic acids is 1. The molecule has 5 rings (SSSR count). The van der Waals surface area contributed by atoms with E-state index in [9.17, 15) is 9.90 Å². The van der Waals surface area contributed by atoms with Crippen LogP contribution in [-0.2, 0) is 24.9 Å². The van der Waals surface area contributed by atoms with Crippen LogP contribution in [0.1, 0.15) is 123 Å². The number of fused-ring (bicyclic) bond motifs is 2. The molecule has 0 amide bonds. The third kappa shape index (κ3) is 8.73. The molecule has 1 N–H and O–H groups in total. The summed E-state index contributed by atoms with van der Waals surface area (Å²) in [4.78, 5) is 22.4. The summed E-state index contributed by atoms with van der Waals surface area (Å²) in [5.74, 6) is -5.96. The van der Waals surface area contributed by atoms with Crippen molar-refractivity contribution < 1.29 is 49.2 Å². The van der Waals surface area contributed by atoms with Crippen LogP contribution in [0.25, 0.3) is 11.3 Å². The maximum absolute atomic E-state index is 11.7. The number of aliphatic hydroxyl groups excluding tert-OH is 1. The Morgan fingerprint density at radius 3 is 2.21 bits per heavy atom. The van der Waals surface area contributed by atoms with E-state index in [2.05, 4.69) is 11.1 Å². The first kappa shape index (κ1) is 23.0. The van der Waals surface area contributed by atoms with Gasteiger partial charge < -0.3 is 14.9 Å². The number of aliphatic hydroxyl groups is 1. The summed E-state index contributed by atoms with van der Waals surface area (Å²) in [5, 5.41) is 9.76. The molecule has 0 saturated carbocycles. The molecular formula is C41H51BIrN3O2-. The van der Waals surface area contributed by atoms with Crippen LogP contribution in [-0.4, -0.2) is 33.4 Å². The Balaban J connectivity index is 0.000000548. The van der Waals surface area contributed by atoms with Gasteiger partial charge in [-0.15, -0.1) is 29.2 Å². The van der Waals surface area contributed by atoms with Gasteiger partial charge in [0.25, 0.3) is 0 Å². The van der Waals surface area contributed by atoms with Crippen LogP contribution in [0.3, 0.4) is 0 Å². The van der Waals surface area contributed by atoms with Crippen molar-refractivity contribution in [3.8, 4) is 11.3 Å². The van der Waals surface area contributed by atoms with Gasteiger partial charge in [-0.25, -0.2) is 0 Å². The molecule has 3 heterocycles. The Hall–Kier alpha value is -3.54. The first-order chi connectivity index (χ1) is 28.3. The molecule has 3 aromatic rings. The SMILES string of the molecule is CCC(CC)C(=O)/C=C(\O)C(CC)CC.[2H]C([2H])([2H])C([2H])(c1cccc(C([2H])(C([2H])([2H])[2H])C([2H])([2H])[2H])c1B1c2cc[c-]c(-c3ccccn3)c2N=C2C=CC=CN12)C([2H])([2H])[2H].[Ir]. The second kappa shape index (κ2) is 18.3. The first-order valence-corrected chi connectivity index (χ1v) is 16.0. The van der Waals surface area contributed by atoms with Gasteiger partial charge in [-0.05, 0) is 89.9 Å². The summed E-state index contributed by atoms with van der Waals surface area (Å²) in [6.45, 7) is -7.35. The fraction of sp³-hybridized carbons (Fsp3) is 0.390. The molecule has 0 atom stereocenters. The van der Waals surface area contributed by atoms with E-state index in [-0.39, 0.29) is 60.5 Å². The normalized spacial score (nSPS) is 19.5. The van der Waals surface area contributed by atoms with Crippen LogP contribution in [0.2, 0.25) is 0 Å². The number of aromatic nitrogens is 1. The van der Waals surface area contributed by atoms with Crippen molar-refractivity contribution in [1.29, 1.82) is 0 Å². The quantitative estimate of drug-likeness (QED) is 0.0907. The van der Waals surface area contributed by atoms with Crippen LogP contribution in [0.5, 0.6) is 0 Å². The minimum atomic E-state index is -3.52. The van der Waals surface area contributed by atoms with E-state index in [1.807, 2.05) is 27.7 Å². The van der Waals surface area contributed by atoms with Crippen molar-refractivity contribution in [2.75, 3.05) is 0 Å². The standard InChI is InChI=1S/C28H27BN3.C13H24O2.Ir/c1-19(2)21-11-9-12-22(20(3)4)27(21)29-24-14-10-13-23(25-15-5-7-17-30-25)28(24)31-26-16-6-8-18-32(26)29;1-5-10(6-2)12(14)9-13(15)11(7-3)8-4;/h5-12,14-20H,1-4H3;9-11,14H,5-8H2,1-4H3;/q-1;;/b;12-9-;/i1D3,2D3,3D3,4D3,19D,20D;;. The largest absolute Gasteiger partial charge is 0.512 e. The van der Waals surface area contributed by atoms with E-state index in [1.54, 1.807) is 48.7 Å². The van der Waals surface area contributed by atoms with E-state index in [1.165, 1.54) is 23.2 Å². The summed E-state index contributed by atoms with van der Waals surface area (Å²) in [6, 6.07) is 14.6. The number of benzene rings is 2. The van der Waals surface area contributed by atoms with Gasteiger partial charge in [0.15, 0.2) is 5.78 Å². The number of amidine groups is 1. The Morgan fingerprint density at radius 2 is 1.62 bits per heavy atom. The molecule has 0 spiro atoms. The topological polar surface area (TPSA) is 65.8 Å². The second-order valence-electron chi connectivity index (χ2n) is 11.4. The summed E-state index contributed by atoms with van der Waals surface area (Å²) in [5.41, 5.74) is -0.323. The maximum atomic E-state index is 11.7. The number of carbonyl (C=O) groups is 1. The van der Waals surface area contributed by atoms with Crippen LogP contribution < -0.4 is 10.9 Å². The van der Waals surface area contributed by atoms with Crippen molar-refractivity contribution in [3.63, 3.8) is 0 Å². The van der Waals surface area contributed by atoms with Gasteiger partial charge in [0.1, 0.15) is 5.84 Å². The monoisotopic (exact) mass is 835 g/mol. The Bertz CT molecular complexity index is 2070. The predicted octanol–water partition coefficient (Wildman–Crippen LogP) is 9.20. The summed E-state index contributed by atoms with van der Waals surface area (Å²) in [7, 11) is 0. The number of nitrogens with zero attached hydrogens (tertiary/aromatic N) is 3. The van der Waals surface area contributed by atoms with Crippen molar-refractivity contribution >= 4 is 35.1 Å². The number of rotatable bonds is 11. The molecule has 1 aromatic heterocycles. The van der Waals surface area contributed by atoms with Gasteiger partial charge in [-0.3, -0.25) is 9.79 Å². The molecule has 0 aliphatic carbocycles. The molecule has 0 unspecified atom stereocenters. The van der Waals surface area contributed by atoms with E-state index in [4.69, 9.17) is 24.2 Å². The fourth-order valence-electron chi connectivity index (χ4n) is 5.95. The zero-order chi connectivity index (χ0) is 45.9. The van der Waals surface area contributed by atoms with Crippen molar-refractivity contribution in [2.45, 2.75) is 92.6 Å². The van der Waals surface area contributed by atoms with Crippen LogP contribution in [0, 0.1) is 17.9 Å². The molecule has 48 heavy (non-hydrogen) atoms. The van der Waals surface area contributed by atoms with E-state index >= 15 is 0 Å².